The molecule has 1 saturated heterocycles. The summed E-state index contributed by atoms with van der Waals surface area (Å²) in [5, 5.41) is 8.67. The van der Waals surface area contributed by atoms with Gasteiger partial charge in [-0.1, -0.05) is 16.8 Å². The van der Waals surface area contributed by atoms with E-state index >= 15 is 0 Å². The predicted octanol–water partition coefficient (Wildman–Crippen LogP) is 2.06. The molecule has 0 bridgehead atoms. The van der Waals surface area contributed by atoms with Crippen LogP contribution in [0.1, 0.15) is 30.5 Å². The minimum absolute atomic E-state index is 0.0185. The van der Waals surface area contributed by atoms with E-state index in [0.717, 1.165) is 5.69 Å². The van der Waals surface area contributed by atoms with Crippen LogP contribution < -0.4 is 4.74 Å². The summed E-state index contributed by atoms with van der Waals surface area (Å²) in [7, 11) is -2.20. The highest BCUT2D eigenvalue weighted by molar-refractivity contribution is 7.89. The van der Waals surface area contributed by atoms with Crippen molar-refractivity contribution in [3.8, 4) is 5.75 Å². The molecule has 0 amide bonds. The van der Waals surface area contributed by atoms with Gasteiger partial charge in [0.1, 0.15) is 10.6 Å². The van der Waals surface area contributed by atoms with Gasteiger partial charge in [0, 0.05) is 30.2 Å². The van der Waals surface area contributed by atoms with Crippen LogP contribution in [0.15, 0.2) is 29.3 Å². The molecule has 0 unspecified atom stereocenters. The molecule has 7 nitrogen and oxygen atoms in total. The van der Waals surface area contributed by atoms with Crippen molar-refractivity contribution in [2.24, 2.45) is 0 Å². The van der Waals surface area contributed by atoms with Crippen molar-refractivity contribution in [2.75, 3.05) is 20.2 Å². The average molecular weight is 369 g/mol. The molecule has 128 valence electrons. The Bertz CT molecular complexity index is 873. The van der Waals surface area contributed by atoms with E-state index in [4.69, 9.17) is 16.3 Å². The summed E-state index contributed by atoms with van der Waals surface area (Å²) in [5.74, 6) is 0.828. The lowest BCUT2D eigenvalue weighted by atomic mass is 10.2. The second kappa shape index (κ2) is 5.72. The Balaban J connectivity index is 1.51. The van der Waals surface area contributed by atoms with Crippen LogP contribution in [0, 0.1) is 0 Å². The SMILES string of the molecule is COc1ccc(Cl)cc1S(=O)(=O)N1CC(n2cc(C3CC3)nn2)C1. The molecule has 9 heteroatoms. The topological polar surface area (TPSA) is 77.3 Å². The summed E-state index contributed by atoms with van der Waals surface area (Å²) in [6.45, 7) is 0.733. The van der Waals surface area contributed by atoms with E-state index in [1.807, 2.05) is 6.20 Å². The number of halogens is 1. The number of sulfonamides is 1. The Labute approximate surface area is 145 Å². The van der Waals surface area contributed by atoms with Gasteiger partial charge in [0.2, 0.25) is 10.0 Å². The predicted molar refractivity (Wildman–Crippen MR) is 87.8 cm³/mol. The molecule has 0 radical (unpaired) electrons. The molecule has 2 fully saturated rings. The van der Waals surface area contributed by atoms with E-state index in [0.29, 0.717) is 29.8 Å². The van der Waals surface area contributed by atoms with Crippen molar-refractivity contribution in [2.45, 2.75) is 29.7 Å². The molecule has 1 aliphatic carbocycles. The van der Waals surface area contributed by atoms with Crippen LogP contribution in [0.25, 0.3) is 0 Å². The lowest BCUT2D eigenvalue weighted by molar-refractivity contribution is 0.188. The van der Waals surface area contributed by atoms with Crippen LogP contribution >= 0.6 is 11.6 Å². The maximum Gasteiger partial charge on any atom is 0.246 e. The van der Waals surface area contributed by atoms with Gasteiger partial charge in [0.15, 0.2) is 0 Å². The van der Waals surface area contributed by atoms with Crippen LogP contribution in [-0.4, -0.2) is 47.9 Å². The molecule has 0 atom stereocenters. The van der Waals surface area contributed by atoms with Gasteiger partial charge < -0.3 is 4.74 Å². The van der Waals surface area contributed by atoms with Gasteiger partial charge in [0.25, 0.3) is 0 Å². The van der Waals surface area contributed by atoms with E-state index in [-0.39, 0.29) is 10.9 Å². The third-order valence-corrected chi connectivity index (χ3v) is 6.56. The fourth-order valence-corrected chi connectivity index (χ4v) is 4.74. The van der Waals surface area contributed by atoms with Crippen molar-refractivity contribution in [1.82, 2.24) is 19.3 Å². The minimum Gasteiger partial charge on any atom is -0.495 e. The van der Waals surface area contributed by atoms with Crippen molar-refractivity contribution in [1.29, 1.82) is 0 Å². The molecule has 0 spiro atoms. The number of methoxy groups -OCH3 is 1. The maximum absolute atomic E-state index is 12.8. The summed E-state index contributed by atoms with van der Waals surface area (Å²) in [6.07, 6.45) is 4.27. The van der Waals surface area contributed by atoms with E-state index in [2.05, 4.69) is 10.3 Å². The minimum atomic E-state index is -3.64. The van der Waals surface area contributed by atoms with Crippen molar-refractivity contribution in [3.63, 3.8) is 0 Å². The Morgan fingerprint density at radius 1 is 1.29 bits per heavy atom. The van der Waals surface area contributed by atoms with Crippen LogP contribution in [0.2, 0.25) is 5.02 Å². The van der Waals surface area contributed by atoms with Crippen LogP contribution in [-0.2, 0) is 10.0 Å². The molecule has 24 heavy (non-hydrogen) atoms. The first-order chi connectivity index (χ1) is 11.5. The fraction of sp³-hybridized carbons (Fsp3) is 0.467. The zero-order valence-electron chi connectivity index (χ0n) is 13.1. The Kier molecular flexibility index (Phi) is 3.78. The van der Waals surface area contributed by atoms with Gasteiger partial charge in [-0.2, -0.15) is 4.31 Å². The van der Waals surface area contributed by atoms with Gasteiger partial charge in [-0.3, -0.25) is 0 Å². The lowest BCUT2D eigenvalue weighted by Crippen LogP contribution is -2.50. The number of nitrogens with zero attached hydrogens (tertiary/aromatic N) is 4. The van der Waals surface area contributed by atoms with Crippen LogP contribution in [0.5, 0.6) is 5.75 Å². The van der Waals surface area contributed by atoms with E-state index in [1.165, 1.54) is 30.3 Å². The van der Waals surface area contributed by atoms with E-state index in [1.54, 1.807) is 16.8 Å². The number of rotatable bonds is 5. The molecule has 1 aromatic heterocycles. The van der Waals surface area contributed by atoms with Crippen molar-refractivity contribution >= 4 is 21.6 Å². The van der Waals surface area contributed by atoms with Gasteiger partial charge >= 0.3 is 0 Å². The Morgan fingerprint density at radius 2 is 2.04 bits per heavy atom. The third-order valence-electron chi connectivity index (χ3n) is 4.47. The fourth-order valence-electron chi connectivity index (χ4n) is 2.81. The van der Waals surface area contributed by atoms with Gasteiger partial charge in [-0.05, 0) is 31.0 Å². The third kappa shape index (κ3) is 2.68. The average Bonchev–Trinajstić information content (AvgIpc) is 3.25. The number of aromatic nitrogens is 3. The molecule has 1 saturated carbocycles. The van der Waals surface area contributed by atoms with E-state index < -0.39 is 10.0 Å². The van der Waals surface area contributed by atoms with Crippen LogP contribution in [0.3, 0.4) is 0 Å². The first-order valence-electron chi connectivity index (χ1n) is 7.74. The first-order valence-corrected chi connectivity index (χ1v) is 9.56. The smallest absolute Gasteiger partial charge is 0.246 e. The number of benzene rings is 1. The zero-order valence-corrected chi connectivity index (χ0v) is 14.7. The molecule has 1 aromatic carbocycles. The first kappa shape index (κ1) is 15.9. The second-order valence-corrected chi connectivity index (χ2v) is 8.51. The zero-order chi connectivity index (χ0) is 16.9. The molecule has 2 aliphatic rings. The highest BCUT2D eigenvalue weighted by atomic mass is 35.5. The maximum atomic E-state index is 12.8. The highest BCUT2D eigenvalue weighted by Gasteiger charge is 2.40. The molecule has 4 rings (SSSR count). The second-order valence-electron chi connectivity index (χ2n) is 6.17. The number of ether oxygens (including phenoxy) is 1. The summed E-state index contributed by atoms with van der Waals surface area (Å²) in [4.78, 5) is 0.0909. The van der Waals surface area contributed by atoms with Gasteiger partial charge in [-0.15, -0.1) is 5.10 Å². The highest BCUT2D eigenvalue weighted by Crippen LogP contribution is 2.39. The van der Waals surface area contributed by atoms with Crippen LogP contribution in [0.4, 0.5) is 0 Å². The van der Waals surface area contributed by atoms with Gasteiger partial charge in [-0.25, -0.2) is 13.1 Å². The molecule has 1 aliphatic heterocycles. The standard InChI is InChI=1S/C15H17ClN4O3S/c1-23-14-5-4-11(16)6-15(14)24(21,22)19-7-12(8-19)20-9-13(17-18-20)10-2-3-10/h4-6,9-10,12H,2-3,7-8H2,1H3. The monoisotopic (exact) mass is 368 g/mol. The summed E-state index contributed by atoms with van der Waals surface area (Å²) >= 11 is 5.95. The Hall–Kier alpha value is -1.64. The molecule has 0 N–H and O–H groups in total. The molecule has 2 aromatic rings. The lowest BCUT2D eigenvalue weighted by Gasteiger charge is -2.37. The summed E-state index contributed by atoms with van der Waals surface area (Å²) in [5.41, 5.74) is 1.01. The van der Waals surface area contributed by atoms with Gasteiger partial charge in [0.05, 0.1) is 18.8 Å². The normalized spacial score (nSPS) is 19.2. The van der Waals surface area contributed by atoms with E-state index in [9.17, 15) is 8.42 Å². The van der Waals surface area contributed by atoms with Crippen molar-refractivity contribution in [3.05, 3.63) is 35.1 Å². The molecular formula is C15H17ClN4O3S. The summed E-state index contributed by atoms with van der Waals surface area (Å²) in [6, 6.07) is 4.60. The van der Waals surface area contributed by atoms with Crippen molar-refractivity contribution < 1.29 is 13.2 Å². The largest absolute Gasteiger partial charge is 0.495 e. The summed E-state index contributed by atoms with van der Waals surface area (Å²) < 4.78 is 33.9. The molecular weight excluding hydrogens is 352 g/mol. The number of hydrogen-bond acceptors (Lipinski definition) is 5. The Morgan fingerprint density at radius 3 is 2.71 bits per heavy atom. The quantitative estimate of drug-likeness (QED) is 0.807. The molecule has 2 heterocycles. The number of hydrogen-bond donors (Lipinski definition) is 0.